The lowest BCUT2D eigenvalue weighted by molar-refractivity contribution is -0.125. The summed E-state index contributed by atoms with van der Waals surface area (Å²) in [7, 11) is 0. The van der Waals surface area contributed by atoms with Gasteiger partial charge in [0.1, 0.15) is 11.6 Å². The molecule has 1 atom stereocenters. The number of anilines is 2. The van der Waals surface area contributed by atoms with Crippen molar-refractivity contribution in [2.75, 3.05) is 23.8 Å². The number of rotatable bonds is 6. The number of nitrogen functional groups attached to an aromatic ring is 1. The van der Waals surface area contributed by atoms with E-state index < -0.39 is 6.10 Å². The first kappa shape index (κ1) is 17.4. The third-order valence-corrected chi connectivity index (χ3v) is 4.14. The lowest BCUT2D eigenvalue weighted by Crippen LogP contribution is -2.45. The number of aromatic nitrogens is 1. The summed E-state index contributed by atoms with van der Waals surface area (Å²) in [5.41, 5.74) is 5.74. The predicted octanol–water partition coefficient (Wildman–Crippen LogP) is 3.29. The number of benzene rings is 1. The topological polar surface area (TPSA) is 77.7 Å². The van der Waals surface area contributed by atoms with Gasteiger partial charge in [0.05, 0.1) is 6.61 Å². The second kappa shape index (κ2) is 7.61. The molecule has 0 bridgehead atoms. The molecule has 1 unspecified atom stereocenters. The Balaban J connectivity index is 1.54. The van der Waals surface area contributed by atoms with Crippen molar-refractivity contribution in [3.05, 3.63) is 41.4 Å². The van der Waals surface area contributed by atoms with Gasteiger partial charge in [0, 0.05) is 11.6 Å². The molecule has 25 heavy (non-hydrogen) atoms. The molecule has 1 aliphatic rings. The molecule has 0 spiro atoms. The Morgan fingerprint density at radius 3 is 2.76 bits per heavy atom. The zero-order chi connectivity index (χ0) is 17.8. The van der Waals surface area contributed by atoms with Gasteiger partial charge in [0.15, 0.2) is 17.7 Å². The van der Waals surface area contributed by atoms with Gasteiger partial charge < -0.3 is 15.2 Å². The van der Waals surface area contributed by atoms with Crippen LogP contribution in [-0.2, 0) is 4.79 Å². The van der Waals surface area contributed by atoms with E-state index in [0.29, 0.717) is 35.6 Å². The summed E-state index contributed by atoms with van der Waals surface area (Å²) in [6, 6.07) is 10.7. The minimum Gasteiger partial charge on any atom is -0.494 e. The molecule has 1 aliphatic heterocycles. The molecule has 0 saturated carbocycles. The number of nitrogens with zero attached hydrogens (tertiary/aromatic N) is 2. The van der Waals surface area contributed by atoms with E-state index in [4.69, 9.17) is 26.8 Å². The number of carbonyl (C=O) groups excluding carboxylic acids is 1. The van der Waals surface area contributed by atoms with Crippen molar-refractivity contribution in [3.63, 3.8) is 0 Å². The highest BCUT2D eigenvalue weighted by molar-refractivity contribution is 6.30. The van der Waals surface area contributed by atoms with E-state index in [0.717, 1.165) is 18.6 Å². The molecule has 1 aromatic carbocycles. The molecule has 2 N–H and O–H groups in total. The molecule has 2 heterocycles. The monoisotopic (exact) mass is 361 g/mol. The Bertz CT molecular complexity index is 752. The average molecular weight is 362 g/mol. The molecule has 1 amide bonds. The number of nitrogens with two attached hydrogens (primary N) is 1. The number of ether oxygens (including phenoxy) is 2. The van der Waals surface area contributed by atoms with Crippen LogP contribution in [0.4, 0.5) is 11.6 Å². The molecule has 1 aromatic heterocycles. The Morgan fingerprint density at radius 1 is 1.24 bits per heavy atom. The Morgan fingerprint density at radius 2 is 2.00 bits per heavy atom. The zero-order valence-electron chi connectivity index (χ0n) is 13.9. The molecule has 7 heteroatoms. The average Bonchev–Trinajstić information content (AvgIpc) is 2.60. The van der Waals surface area contributed by atoms with Gasteiger partial charge in [-0.05, 0) is 56.2 Å². The maximum absolute atomic E-state index is 12.4. The van der Waals surface area contributed by atoms with E-state index in [1.54, 1.807) is 36.1 Å². The summed E-state index contributed by atoms with van der Waals surface area (Å²) < 4.78 is 11.2. The largest absolute Gasteiger partial charge is 0.494 e. The standard InChI is InChI=1S/C18H20ClN3O3/c1-12-18(23)22(17-15(25-12)8-9-16(20)21-17)10-2-3-11-24-14-6-4-13(19)5-7-14/h4-9,12H,2-3,10-11H2,1H3,(H2,20,21). The van der Waals surface area contributed by atoms with Crippen LogP contribution in [0.2, 0.25) is 5.02 Å². The third kappa shape index (κ3) is 4.14. The first-order valence-electron chi connectivity index (χ1n) is 8.17. The molecule has 3 rings (SSSR count). The summed E-state index contributed by atoms with van der Waals surface area (Å²) in [5.74, 6) is 2.10. The van der Waals surface area contributed by atoms with Gasteiger partial charge in [0.2, 0.25) is 0 Å². The van der Waals surface area contributed by atoms with Crippen molar-refractivity contribution in [2.45, 2.75) is 25.9 Å². The van der Waals surface area contributed by atoms with Crippen molar-refractivity contribution in [3.8, 4) is 11.5 Å². The van der Waals surface area contributed by atoms with Gasteiger partial charge >= 0.3 is 0 Å². The lowest BCUT2D eigenvalue weighted by Gasteiger charge is -2.32. The first-order chi connectivity index (χ1) is 12.0. The second-order valence-electron chi connectivity index (χ2n) is 5.82. The van der Waals surface area contributed by atoms with Crippen molar-refractivity contribution < 1.29 is 14.3 Å². The highest BCUT2D eigenvalue weighted by Gasteiger charge is 2.32. The van der Waals surface area contributed by atoms with E-state index in [-0.39, 0.29) is 5.91 Å². The van der Waals surface area contributed by atoms with Crippen LogP contribution in [0.1, 0.15) is 19.8 Å². The molecule has 6 nitrogen and oxygen atoms in total. The molecule has 2 aromatic rings. The van der Waals surface area contributed by atoms with Gasteiger partial charge in [-0.1, -0.05) is 11.6 Å². The molecule has 0 saturated heterocycles. The van der Waals surface area contributed by atoms with Crippen LogP contribution >= 0.6 is 11.6 Å². The van der Waals surface area contributed by atoms with Gasteiger partial charge in [-0.2, -0.15) is 0 Å². The zero-order valence-corrected chi connectivity index (χ0v) is 14.7. The second-order valence-corrected chi connectivity index (χ2v) is 6.25. The van der Waals surface area contributed by atoms with Crippen LogP contribution in [-0.4, -0.2) is 30.1 Å². The number of halogens is 1. The summed E-state index contributed by atoms with van der Waals surface area (Å²) in [6.45, 7) is 2.84. The number of fused-ring (bicyclic) bond motifs is 1. The predicted molar refractivity (Wildman–Crippen MR) is 97.3 cm³/mol. The van der Waals surface area contributed by atoms with Crippen LogP contribution < -0.4 is 20.1 Å². The van der Waals surface area contributed by atoms with Crippen molar-refractivity contribution in [2.24, 2.45) is 0 Å². The van der Waals surface area contributed by atoms with Crippen LogP contribution in [0.5, 0.6) is 11.5 Å². The Kier molecular flexibility index (Phi) is 5.28. The minimum absolute atomic E-state index is 0.107. The SMILES string of the molecule is CC1Oc2ccc(N)nc2N(CCCCOc2ccc(Cl)cc2)C1=O. The number of unbranched alkanes of at least 4 members (excludes halogenated alkanes) is 1. The van der Waals surface area contributed by atoms with Crippen LogP contribution in [0.3, 0.4) is 0 Å². The summed E-state index contributed by atoms with van der Waals surface area (Å²) >= 11 is 5.84. The number of hydrogen-bond donors (Lipinski definition) is 1. The first-order valence-corrected chi connectivity index (χ1v) is 8.55. The van der Waals surface area contributed by atoms with Crippen LogP contribution in [0, 0.1) is 0 Å². The van der Waals surface area contributed by atoms with E-state index in [9.17, 15) is 4.79 Å². The van der Waals surface area contributed by atoms with Gasteiger partial charge in [0.25, 0.3) is 5.91 Å². The summed E-state index contributed by atoms with van der Waals surface area (Å²) in [5, 5.41) is 0.678. The quantitative estimate of drug-likeness (QED) is 0.799. The van der Waals surface area contributed by atoms with Gasteiger partial charge in [-0.15, -0.1) is 0 Å². The summed E-state index contributed by atoms with van der Waals surface area (Å²) in [4.78, 5) is 18.3. The van der Waals surface area contributed by atoms with Crippen LogP contribution in [0.25, 0.3) is 0 Å². The van der Waals surface area contributed by atoms with Crippen molar-refractivity contribution >= 4 is 29.1 Å². The minimum atomic E-state index is -0.525. The molecule has 0 fully saturated rings. The normalized spacial score (nSPS) is 16.3. The Hall–Kier alpha value is -2.47. The molecule has 132 valence electrons. The van der Waals surface area contributed by atoms with Crippen LogP contribution in [0.15, 0.2) is 36.4 Å². The molecule has 0 aliphatic carbocycles. The maximum atomic E-state index is 12.4. The van der Waals surface area contributed by atoms with Gasteiger partial charge in [-0.3, -0.25) is 9.69 Å². The van der Waals surface area contributed by atoms with E-state index in [1.807, 2.05) is 12.1 Å². The fourth-order valence-corrected chi connectivity index (χ4v) is 2.74. The number of amides is 1. The number of pyridine rings is 1. The van der Waals surface area contributed by atoms with Crippen molar-refractivity contribution in [1.82, 2.24) is 4.98 Å². The van der Waals surface area contributed by atoms with Crippen molar-refractivity contribution in [1.29, 1.82) is 0 Å². The Labute approximate surface area is 151 Å². The number of carbonyl (C=O) groups is 1. The van der Waals surface area contributed by atoms with E-state index in [2.05, 4.69) is 4.98 Å². The van der Waals surface area contributed by atoms with E-state index >= 15 is 0 Å². The maximum Gasteiger partial charge on any atom is 0.269 e. The molecule has 0 radical (unpaired) electrons. The lowest BCUT2D eigenvalue weighted by atomic mass is 10.2. The third-order valence-electron chi connectivity index (χ3n) is 3.89. The highest BCUT2D eigenvalue weighted by Crippen LogP contribution is 2.33. The fourth-order valence-electron chi connectivity index (χ4n) is 2.61. The smallest absolute Gasteiger partial charge is 0.269 e. The summed E-state index contributed by atoms with van der Waals surface area (Å²) in [6.07, 6.45) is 1.06. The highest BCUT2D eigenvalue weighted by atomic mass is 35.5. The molecular weight excluding hydrogens is 342 g/mol. The number of hydrogen-bond acceptors (Lipinski definition) is 5. The van der Waals surface area contributed by atoms with E-state index in [1.165, 1.54) is 0 Å². The molecular formula is C18H20ClN3O3. The van der Waals surface area contributed by atoms with Gasteiger partial charge in [-0.25, -0.2) is 4.98 Å². The fraction of sp³-hybridized carbons (Fsp3) is 0.333.